The molecule has 9 heteroatoms. The zero-order chi connectivity index (χ0) is 22.5. The zero-order valence-electron chi connectivity index (χ0n) is 18.3. The van der Waals surface area contributed by atoms with Crippen molar-refractivity contribution in [3.8, 4) is 23.0 Å². The minimum absolute atomic E-state index is 0.196. The van der Waals surface area contributed by atoms with Crippen LogP contribution >= 0.6 is 0 Å². The van der Waals surface area contributed by atoms with Crippen molar-refractivity contribution in [2.24, 2.45) is 0 Å². The van der Waals surface area contributed by atoms with Crippen LogP contribution in [0.5, 0.6) is 23.0 Å². The lowest BCUT2D eigenvalue weighted by atomic mass is 10.1. The van der Waals surface area contributed by atoms with Crippen molar-refractivity contribution in [1.29, 1.82) is 0 Å². The van der Waals surface area contributed by atoms with Gasteiger partial charge in [-0.1, -0.05) is 0 Å². The number of rotatable bonds is 9. The molecule has 0 radical (unpaired) electrons. The van der Waals surface area contributed by atoms with Crippen LogP contribution in [0.4, 0.5) is 0 Å². The van der Waals surface area contributed by atoms with Gasteiger partial charge in [-0.15, -0.1) is 0 Å². The first-order valence-corrected chi connectivity index (χ1v) is 9.68. The van der Waals surface area contributed by atoms with E-state index in [0.29, 0.717) is 34.0 Å². The number of fused-ring (bicyclic) bond motifs is 1. The summed E-state index contributed by atoms with van der Waals surface area (Å²) in [6, 6.07) is 8.84. The predicted molar refractivity (Wildman–Crippen MR) is 115 cm³/mol. The minimum Gasteiger partial charge on any atom is -0.497 e. The molecule has 0 aliphatic rings. The number of nitrogens with zero attached hydrogens (tertiary/aromatic N) is 2. The highest BCUT2D eigenvalue weighted by Crippen LogP contribution is 2.38. The first kappa shape index (κ1) is 22.1. The maximum Gasteiger partial charge on any atom is 0.329 e. The number of carbonyl (C=O) groups excluding carboxylic acids is 1. The monoisotopic (exact) mass is 430 g/mol. The Labute approximate surface area is 179 Å². The largest absolute Gasteiger partial charge is 0.497 e. The number of ether oxygens (including phenoxy) is 5. The second-order valence-electron chi connectivity index (χ2n) is 6.65. The summed E-state index contributed by atoms with van der Waals surface area (Å²) in [5, 5.41) is 0. The van der Waals surface area contributed by atoms with Gasteiger partial charge in [-0.05, 0) is 36.8 Å². The van der Waals surface area contributed by atoms with E-state index >= 15 is 0 Å². The molecule has 0 aliphatic heterocycles. The summed E-state index contributed by atoms with van der Waals surface area (Å²) < 4.78 is 29.5. The van der Waals surface area contributed by atoms with Crippen molar-refractivity contribution >= 4 is 17.0 Å². The summed E-state index contributed by atoms with van der Waals surface area (Å²) in [5.74, 6) is 1.54. The molecule has 0 atom stereocenters. The van der Waals surface area contributed by atoms with Crippen molar-refractivity contribution < 1.29 is 28.5 Å². The highest BCUT2D eigenvalue weighted by molar-refractivity contribution is 5.80. The van der Waals surface area contributed by atoms with Crippen molar-refractivity contribution in [2.45, 2.75) is 20.0 Å². The summed E-state index contributed by atoms with van der Waals surface area (Å²) in [6.45, 7) is 1.99. The number of hydrogen-bond acceptors (Lipinski definition) is 7. The number of esters is 1. The van der Waals surface area contributed by atoms with E-state index in [-0.39, 0.29) is 25.4 Å². The second-order valence-corrected chi connectivity index (χ2v) is 6.65. The fraction of sp³-hybridized carbons (Fsp3) is 0.364. The number of aromatic nitrogens is 2. The van der Waals surface area contributed by atoms with Crippen molar-refractivity contribution in [2.75, 3.05) is 35.0 Å². The third kappa shape index (κ3) is 4.30. The first-order chi connectivity index (χ1) is 15.0. The highest BCUT2D eigenvalue weighted by Gasteiger charge is 2.19. The second kappa shape index (κ2) is 9.46. The van der Waals surface area contributed by atoms with Gasteiger partial charge in [0.1, 0.15) is 12.3 Å². The van der Waals surface area contributed by atoms with E-state index in [0.717, 1.165) is 5.56 Å². The molecule has 3 aromatic rings. The fourth-order valence-corrected chi connectivity index (χ4v) is 3.48. The third-order valence-corrected chi connectivity index (χ3v) is 4.88. The third-order valence-electron chi connectivity index (χ3n) is 4.88. The Morgan fingerprint density at radius 2 is 1.55 bits per heavy atom. The number of imidazole rings is 1. The van der Waals surface area contributed by atoms with Crippen LogP contribution in [0.25, 0.3) is 11.0 Å². The SMILES string of the molecule is CCOC(=O)Cn1c(=O)n(Cc2cc(OC)c(OC)c(OC)c2)c2ccc(OC)cc21. The average Bonchev–Trinajstić information content (AvgIpc) is 3.03. The molecule has 0 N–H and O–H groups in total. The van der Waals surface area contributed by atoms with Crippen LogP contribution < -0.4 is 24.6 Å². The smallest absolute Gasteiger partial charge is 0.329 e. The highest BCUT2D eigenvalue weighted by atomic mass is 16.5. The normalized spacial score (nSPS) is 10.7. The Hall–Kier alpha value is -3.62. The van der Waals surface area contributed by atoms with Gasteiger partial charge >= 0.3 is 11.7 Å². The maximum atomic E-state index is 13.3. The Kier molecular flexibility index (Phi) is 6.74. The summed E-state index contributed by atoms with van der Waals surface area (Å²) in [5.41, 5.74) is 1.65. The molecule has 0 spiro atoms. The van der Waals surface area contributed by atoms with E-state index in [9.17, 15) is 9.59 Å². The predicted octanol–water partition coefficient (Wildman–Crippen LogP) is 2.45. The van der Waals surface area contributed by atoms with Gasteiger partial charge in [0.25, 0.3) is 0 Å². The van der Waals surface area contributed by atoms with Crippen LogP contribution in [0, 0.1) is 0 Å². The zero-order valence-corrected chi connectivity index (χ0v) is 18.3. The summed E-state index contributed by atoms with van der Waals surface area (Å²) in [6.07, 6.45) is 0. The molecule has 0 amide bonds. The van der Waals surface area contributed by atoms with Crippen LogP contribution in [0.15, 0.2) is 35.1 Å². The molecule has 9 nitrogen and oxygen atoms in total. The summed E-state index contributed by atoms with van der Waals surface area (Å²) in [7, 11) is 6.14. The molecule has 31 heavy (non-hydrogen) atoms. The van der Waals surface area contributed by atoms with Crippen molar-refractivity contribution in [1.82, 2.24) is 9.13 Å². The van der Waals surface area contributed by atoms with E-state index in [1.54, 1.807) is 48.9 Å². The molecule has 3 rings (SSSR count). The van der Waals surface area contributed by atoms with Gasteiger partial charge in [-0.2, -0.15) is 0 Å². The van der Waals surface area contributed by atoms with Gasteiger partial charge in [0, 0.05) is 6.07 Å². The van der Waals surface area contributed by atoms with E-state index < -0.39 is 5.97 Å². The van der Waals surface area contributed by atoms with Gasteiger partial charge in [0.15, 0.2) is 11.5 Å². The van der Waals surface area contributed by atoms with Gasteiger partial charge in [0.2, 0.25) is 5.75 Å². The van der Waals surface area contributed by atoms with Gasteiger partial charge in [-0.3, -0.25) is 13.9 Å². The van der Waals surface area contributed by atoms with Crippen LogP contribution in [-0.2, 0) is 22.6 Å². The van der Waals surface area contributed by atoms with Crippen LogP contribution in [-0.4, -0.2) is 50.1 Å². The van der Waals surface area contributed by atoms with Gasteiger partial charge in [-0.25, -0.2) is 4.79 Å². The van der Waals surface area contributed by atoms with Gasteiger partial charge in [0.05, 0.1) is 52.6 Å². The topological polar surface area (TPSA) is 90.2 Å². The van der Waals surface area contributed by atoms with E-state index in [1.807, 2.05) is 0 Å². The van der Waals surface area contributed by atoms with Crippen LogP contribution in [0.2, 0.25) is 0 Å². The lowest BCUT2D eigenvalue weighted by molar-refractivity contribution is -0.143. The lowest BCUT2D eigenvalue weighted by Crippen LogP contribution is -2.28. The molecule has 0 saturated heterocycles. The van der Waals surface area contributed by atoms with Crippen LogP contribution in [0.3, 0.4) is 0 Å². The molecule has 1 aromatic heterocycles. The molecule has 166 valence electrons. The molecule has 0 bridgehead atoms. The molecule has 1 heterocycles. The standard InChI is InChI=1S/C22H26N2O7/c1-6-31-20(25)13-24-17-11-15(27-2)7-8-16(17)23(22(24)26)12-14-9-18(28-3)21(30-5)19(10-14)29-4/h7-11H,6,12-13H2,1-5H3. The Bertz CT molecular complexity index is 1120. The quantitative estimate of drug-likeness (QED) is 0.482. The number of benzene rings is 2. The maximum absolute atomic E-state index is 13.3. The Balaban J connectivity index is 2.14. The number of carbonyl (C=O) groups is 1. The average molecular weight is 430 g/mol. The molecule has 0 fully saturated rings. The van der Waals surface area contributed by atoms with E-state index in [1.165, 1.54) is 25.9 Å². The Morgan fingerprint density at radius 3 is 2.10 bits per heavy atom. The van der Waals surface area contributed by atoms with Crippen molar-refractivity contribution in [3.63, 3.8) is 0 Å². The number of hydrogen-bond donors (Lipinski definition) is 0. The summed E-state index contributed by atoms with van der Waals surface area (Å²) in [4.78, 5) is 25.4. The molecule has 0 unspecified atom stereocenters. The van der Waals surface area contributed by atoms with E-state index in [2.05, 4.69) is 0 Å². The first-order valence-electron chi connectivity index (χ1n) is 9.68. The fourth-order valence-electron chi connectivity index (χ4n) is 3.48. The van der Waals surface area contributed by atoms with Crippen molar-refractivity contribution in [3.05, 3.63) is 46.4 Å². The molecule has 0 aliphatic carbocycles. The Morgan fingerprint density at radius 1 is 0.871 bits per heavy atom. The molecule has 0 saturated carbocycles. The minimum atomic E-state index is -0.487. The molecule has 2 aromatic carbocycles. The molecular weight excluding hydrogens is 404 g/mol. The lowest BCUT2D eigenvalue weighted by Gasteiger charge is -2.14. The van der Waals surface area contributed by atoms with Gasteiger partial charge < -0.3 is 23.7 Å². The van der Waals surface area contributed by atoms with Crippen LogP contribution in [0.1, 0.15) is 12.5 Å². The summed E-state index contributed by atoms with van der Waals surface area (Å²) >= 11 is 0. The van der Waals surface area contributed by atoms with E-state index in [4.69, 9.17) is 23.7 Å². The molecular formula is C22H26N2O7. The number of methoxy groups -OCH3 is 4.